The highest BCUT2D eigenvalue weighted by atomic mass is 32.2. The average molecular weight is 435 g/mol. The van der Waals surface area contributed by atoms with E-state index in [1.54, 1.807) is 31.2 Å². The zero-order chi connectivity index (χ0) is 22.2. The summed E-state index contributed by atoms with van der Waals surface area (Å²) in [6.07, 6.45) is 3.89. The lowest BCUT2D eigenvalue weighted by Gasteiger charge is -2.12. The van der Waals surface area contributed by atoms with Crippen LogP contribution in [0.2, 0.25) is 0 Å². The Balaban J connectivity index is 1.56. The highest BCUT2D eigenvalue weighted by Crippen LogP contribution is 2.25. The number of aryl methyl sites for hydroxylation is 2. The number of hydrogen-bond acceptors (Lipinski definition) is 4. The molecule has 2 heterocycles. The van der Waals surface area contributed by atoms with Crippen LogP contribution in [0.4, 0.5) is 11.4 Å². The summed E-state index contributed by atoms with van der Waals surface area (Å²) in [4.78, 5) is 16.0. The number of benzene rings is 2. The van der Waals surface area contributed by atoms with Gasteiger partial charge in [-0.25, -0.2) is 13.4 Å². The lowest BCUT2D eigenvalue weighted by molar-refractivity contribution is -0.114. The SMILES string of the molecule is CC(=O)Nc1ccc(S(=O)(=O)Nc2ccc(-c3cn4cccc(C)c4n3)cc2)c(C)c1. The van der Waals surface area contributed by atoms with Crippen molar-refractivity contribution < 1.29 is 13.2 Å². The molecule has 0 aliphatic rings. The van der Waals surface area contributed by atoms with Crippen molar-refractivity contribution in [3.8, 4) is 11.3 Å². The monoisotopic (exact) mass is 434 g/mol. The molecule has 8 heteroatoms. The van der Waals surface area contributed by atoms with Crippen molar-refractivity contribution in [2.24, 2.45) is 0 Å². The molecule has 7 nitrogen and oxygen atoms in total. The molecule has 2 aromatic carbocycles. The molecule has 0 aliphatic carbocycles. The first kappa shape index (κ1) is 20.6. The summed E-state index contributed by atoms with van der Waals surface area (Å²) in [5, 5.41) is 2.65. The molecule has 2 aromatic heterocycles. The Bertz CT molecular complexity index is 1390. The van der Waals surface area contributed by atoms with Gasteiger partial charge in [0.2, 0.25) is 5.91 Å². The summed E-state index contributed by atoms with van der Waals surface area (Å²) in [6.45, 7) is 5.10. The minimum Gasteiger partial charge on any atom is -0.326 e. The van der Waals surface area contributed by atoms with E-state index in [-0.39, 0.29) is 10.8 Å². The molecule has 158 valence electrons. The third-order valence-corrected chi connectivity index (χ3v) is 6.44. The smallest absolute Gasteiger partial charge is 0.262 e. The zero-order valence-corrected chi connectivity index (χ0v) is 18.2. The van der Waals surface area contributed by atoms with Crippen molar-refractivity contribution in [2.75, 3.05) is 10.0 Å². The first-order valence-corrected chi connectivity index (χ1v) is 11.2. The van der Waals surface area contributed by atoms with Crippen LogP contribution in [0.5, 0.6) is 0 Å². The molecule has 4 aromatic rings. The van der Waals surface area contributed by atoms with Crippen LogP contribution in [-0.2, 0) is 14.8 Å². The molecule has 0 fully saturated rings. The Kier molecular flexibility index (Phi) is 5.24. The van der Waals surface area contributed by atoms with E-state index in [2.05, 4.69) is 15.0 Å². The average Bonchev–Trinajstić information content (AvgIpc) is 3.13. The molecule has 0 aliphatic heterocycles. The van der Waals surface area contributed by atoms with Crippen LogP contribution in [0.1, 0.15) is 18.1 Å². The summed E-state index contributed by atoms with van der Waals surface area (Å²) in [5.74, 6) is -0.214. The van der Waals surface area contributed by atoms with Crippen LogP contribution in [0, 0.1) is 13.8 Å². The van der Waals surface area contributed by atoms with Gasteiger partial charge in [-0.1, -0.05) is 18.2 Å². The molecule has 31 heavy (non-hydrogen) atoms. The molecular formula is C23H22N4O3S. The molecule has 0 spiro atoms. The number of anilines is 2. The Hall–Kier alpha value is -3.65. The van der Waals surface area contributed by atoms with Crippen LogP contribution in [-0.4, -0.2) is 23.7 Å². The Morgan fingerprint density at radius 3 is 2.32 bits per heavy atom. The molecule has 4 rings (SSSR count). The second-order valence-corrected chi connectivity index (χ2v) is 9.04. The van der Waals surface area contributed by atoms with Gasteiger partial charge in [-0.3, -0.25) is 9.52 Å². The van der Waals surface area contributed by atoms with Gasteiger partial charge in [0.25, 0.3) is 10.0 Å². The number of rotatable bonds is 5. The van der Waals surface area contributed by atoms with E-state index < -0.39 is 10.0 Å². The van der Waals surface area contributed by atoms with Gasteiger partial charge in [0.05, 0.1) is 10.6 Å². The Morgan fingerprint density at radius 1 is 0.968 bits per heavy atom. The van der Waals surface area contributed by atoms with Gasteiger partial charge in [-0.05, 0) is 61.4 Å². The van der Waals surface area contributed by atoms with Crippen molar-refractivity contribution in [1.29, 1.82) is 0 Å². The largest absolute Gasteiger partial charge is 0.326 e. The van der Waals surface area contributed by atoms with Crippen LogP contribution in [0.15, 0.2) is 71.9 Å². The molecule has 0 saturated heterocycles. The third-order valence-electron chi connectivity index (χ3n) is 4.90. The number of aromatic nitrogens is 2. The maximum Gasteiger partial charge on any atom is 0.262 e. The van der Waals surface area contributed by atoms with E-state index in [1.807, 2.05) is 48.0 Å². The van der Waals surface area contributed by atoms with Crippen LogP contribution in [0.3, 0.4) is 0 Å². The maximum atomic E-state index is 12.9. The molecule has 0 saturated carbocycles. The van der Waals surface area contributed by atoms with Crippen molar-refractivity contribution in [3.05, 3.63) is 78.1 Å². The molecule has 2 N–H and O–H groups in total. The Labute approximate surface area is 180 Å². The lowest BCUT2D eigenvalue weighted by atomic mass is 10.1. The van der Waals surface area contributed by atoms with E-state index in [0.717, 1.165) is 22.5 Å². The summed E-state index contributed by atoms with van der Waals surface area (Å²) in [6, 6.07) is 15.8. The number of hydrogen-bond donors (Lipinski definition) is 2. The van der Waals surface area contributed by atoms with Gasteiger partial charge in [0.1, 0.15) is 5.65 Å². The van der Waals surface area contributed by atoms with Gasteiger partial charge < -0.3 is 9.72 Å². The lowest BCUT2D eigenvalue weighted by Crippen LogP contribution is -2.14. The van der Waals surface area contributed by atoms with Crippen molar-refractivity contribution in [2.45, 2.75) is 25.7 Å². The van der Waals surface area contributed by atoms with Crippen molar-refractivity contribution in [3.63, 3.8) is 0 Å². The highest BCUT2D eigenvalue weighted by Gasteiger charge is 2.17. The quantitative estimate of drug-likeness (QED) is 0.488. The van der Waals surface area contributed by atoms with Crippen LogP contribution < -0.4 is 10.0 Å². The first-order valence-electron chi connectivity index (χ1n) is 9.69. The summed E-state index contributed by atoms with van der Waals surface area (Å²) < 4.78 is 30.3. The van der Waals surface area contributed by atoms with Crippen LogP contribution >= 0.6 is 0 Å². The number of carbonyl (C=O) groups excluding carboxylic acids is 1. The standard InChI is InChI=1S/C23H22N4O3S/c1-15-5-4-12-27-14-21(25-23(15)27)18-6-8-19(9-7-18)26-31(29,30)22-11-10-20(13-16(22)2)24-17(3)28/h4-14,26H,1-3H3,(H,24,28). The maximum absolute atomic E-state index is 12.9. The van der Waals surface area contributed by atoms with E-state index in [9.17, 15) is 13.2 Å². The summed E-state index contributed by atoms with van der Waals surface area (Å²) in [7, 11) is -3.78. The molecule has 0 radical (unpaired) electrons. The highest BCUT2D eigenvalue weighted by molar-refractivity contribution is 7.92. The number of amides is 1. The third kappa shape index (κ3) is 4.29. The number of imidazole rings is 1. The fourth-order valence-corrected chi connectivity index (χ4v) is 4.73. The van der Waals surface area contributed by atoms with Crippen molar-refractivity contribution in [1.82, 2.24) is 9.38 Å². The van der Waals surface area contributed by atoms with Gasteiger partial charge in [-0.15, -0.1) is 0 Å². The van der Waals surface area contributed by atoms with Gasteiger partial charge >= 0.3 is 0 Å². The fourth-order valence-electron chi connectivity index (χ4n) is 3.44. The number of nitrogens with zero attached hydrogens (tertiary/aromatic N) is 2. The number of pyridine rings is 1. The molecular weight excluding hydrogens is 412 g/mol. The summed E-state index contributed by atoms with van der Waals surface area (Å²) >= 11 is 0. The number of sulfonamides is 1. The minimum absolute atomic E-state index is 0.154. The van der Waals surface area contributed by atoms with E-state index >= 15 is 0 Å². The first-order chi connectivity index (χ1) is 14.7. The topological polar surface area (TPSA) is 92.6 Å². The normalized spacial score (nSPS) is 11.5. The van der Waals surface area contributed by atoms with Crippen molar-refractivity contribution >= 4 is 33.0 Å². The molecule has 0 atom stereocenters. The second-order valence-electron chi connectivity index (χ2n) is 7.39. The summed E-state index contributed by atoms with van der Waals surface area (Å²) in [5.41, 5.74) is 5.22. The van der Waals surface area contributed by atoms with Gasteiger partial charge in [-0.2, -0.15) is 0 Å². The Morgan fingerprint density at radius 2 is 1.68 bits per heavy atom. The van der Waals surface area contributed by atoms with E-state index in [0.29, 0.717) is 16.9 Å². The predicted octanol–water partition coefficient (Wildman–Crippen LogP) is 4.38. The predicted molar refractivity (Wildman–Crippen MR) is 122 cm³/mol. The molecule has 0 unspecified atom stereocenters. The number of carbonyl (C=O) groups is 1. The van der Waals surface area contributed by atoms with E-state index in [4.69, 9.17) is 0 Å². The van der Waals surface area contributed by atoms with Crippen LogP contribution in [0.25, 0.3) is 16.9 Å². The number of fused-ring (bicyclic) bond motifs is 1. The number of nitrogens with one attached hydrogen (secondary N) is 2. The molecule has 0 bridgehead atoms. The zero-order valence-electron chi connectivity index (χ0n) is 17.4. The molecule has 1 amide bonds. The van der Waals surface area contributed by atoms with Gasteiger partial charge in [0.15, 0.2) is 0 Å². The van der Waals surface area contributed by atoms with E-state index in [1.165, 1.54) is 13.0 Å². The minimum atomic E-state index is -3.78. The van der Waals surface area contributed by atoms with Gasteiger partial charge in [0, 0.05) is 36.3 Å². The fraction of sp³-hybridized carbons (Fsp3) is 0.130. The second kappa shape index (κ2) is 7.88.